The molecule has 1 aromatic carbocycles. The lowest BCUT2D eigenvalue weighted by Crippen LogP contribution is -2.30. The third-order valence-corrected chi connectivity index (χ3v) is 2.95. The van der Waals surface area contributed by atoms with Gasteiger partial charge in [-0.2, -0.15) is 0 Å². The maximum absolute atomic E-state index is 9.11. The van der Waals surface area contributed by atoms with Gasteiger partial charge in [-0.15, -0.1) is 0 Å². The second-order valence-electron chi connectivity index (χ2n) is 4.16. The van der Waals surface area contributed by atoms with E-state index in [9.17, 15) is 0 Å². The Morgan fingerprint density at radius 1 is 1.29 bits per heavy atom. The Morgan fingerprint density at radius 3 is 2.65 bits per heavy atom. The van der Waals surface area contributed by atoms with E-state index < -0.39 is 7.12 Å². The van der Waals surface area contributed by atoms with E-state index in [4.69, 9.17) is 10.0 Å². The first kappa shape index (κ1) is 11.9. The molecule has 0 spiro atoms. The summed E-state index contributed by atoms with van der Waals surface area (Å²) < 4.78 is 2.04. The summed E-state index contributed by atoms with van der Waals surface area (Å²) >= 11 is 0. The first-order chi connectivity index (χ1) is 8.08. The number of aryl methyl sites for hydroxylation is 1. The van der Waals surface area contributed by atoms with E-state index in [1.807, 2.05) is 30.5 Å². The summed E-state index contributed by atoms with van der Waals surface area (Å²) in [4.78, 5) is 4.23. The zero-order chi connectivity index (χ0) is 12.4. The minimum Gasteiger partial charge on any atom is -0.423 e. The molecule has 0 aliphatic rings. The van der Waals surface area contributed by atoms with Crippen molar-refractivity contribution >= 4 is 12.6 Å². The summed E-state index contributed by atoms with van der Waals surface area (Å²) in [6.07, 6.45) is 1.80. The highest BCUT2D eigenvalue weighted by Crippen LogP contribution is 2.08. The van der Waals surface area contributed by atoms with E-state index in [2.05, 4.69) is 4.98 Å². The number of benzene rings is 1. The molecular formula is C12H15BN2O2. The summed E-state index contributed by atoms with van der Waals surface area (Å²) in [5.41, 5.74) is 3.68. The van der Waals surface area contributed by atoms with Gasteiger partial charge in [-0.1, -0.05) is 24.3 Å². The Labute approximate surface area is 101 Å². The van der Waals surface area contributed by atoms with E-state index in [1.54, 1.807) is 18.5 Å². The van der Waals surface area contributed by atoms with Crippen molar-refractivity contribution in [1.82, 2.24) is 9.55 Å². The predicted molar refractivity (Wildman–Crippen MR) is 67.1 cm³/mol. The number of rotatable bonds is 3. The Balaban J connectivity index is 2.24. The van der Waals surface area contributed by atoms with Gasteiger partial charge in [0.1, 0.15) is 0 Å². The van der Waals surface area contributed by atoms with Crippen molar-refractivity contribution in [3.63, 3.8) is 0 Å². The average molecular weight is 230 g/mol. The molecule has 0 bridgehead atoms. The lowest BCUT2D eigenvalue weighted by molar-refractivity contribution is 0.425. The second-order valence-corrected chi connectivity index (χ2v) is 4.16. The Morgan fingerprint density at radius 2 is 2.06 bits per heavy atom. The van der Waals surface area contributed by atoms with Crippen LogP contribution in [0.4, 0.5) is 0 Å². The summed E-state index contributed by atoms with van der Waals surface area (Å²) in [6, 6.07) is 7.27. The van der Waals surface area contributed by atoms with E-state index in [-0.39, 0.29) is 0 Å². The zero-order valence-electron chi connectivity index (χ0n) is 9.96. The standard InChI is InChI=1S/C12H15BN2O2/c1-9-10(2)15(8-14-9)7-11-4-3-5-12(6-11)13(16)17/h3-6,8,16-17H,7H2,1-2H3. The zero-order valence-corrected chi connectivity index (χ0v) is 9.96. The lowest BCUT2D eigenvalue weighted by Gasteiger charge is -2.07. The lowest BCUT2D eigenvalue weighted by atomic mass is 9.79. The van der Waals surface area contributed by atoms with Gasteiger partial charge in [-0.05, 0) is 24.9 Å². The molecular weight excluding hydrogens is 215 g/mol. The van der Waals surface area contributed by atoms with Gasteiger partial charge in [0.15, 0.2) is 0 Å². The number of aromatic nitrogens is 2. The van der Waals surface area contributed by atoms with Gasteiger partial charge in [0, 0.05) is 12.2 Å². The molecule has 0 radical (unpaired) electrons. The van der Waals surface area contributed by atoms with Gasteiger partial charge < -0.3 is 14.6 Å². The fraction of sp³-hybridized carbons (Fsp3) is 0.250. The molecule has 0 amide bonds. The third kappa shape index (κ3) is 2.57. The third-order valence-electron chi connectivity index (χ3n) is 2.95. The molecule has 0 fully saturated rings. The maximum atomic E-state index is 9.11. The smallest absolute Gasteiger partial charge is 0.423 e. The highest BCUT2D eigenvalue weighted by atomic mass is 16.4. The molecule has 4 nitrogen and oxygen atoms in total. The van der Waals surface area contributed by atoms with E-state index in [0.717, 1.165) is 17.0 Å². The highest BCUT2D eigenvalue weighted by Gasteiger charge is 2.11. The molecule has 0 saturated heterocycles. The van der Waals surface area contributed by atoms with Gasteiger partial charge in [0.05, 0.1) is 12.0 Å². The van der Waals surface area contributed by atoms with Crippen LogP contribution in [0.1, 0.15) is 17.0 Å². The predicted octanol–water partition coefficient (Wildman–Crippen LogP) is 0.228. The normalized spacial score (nSPS) is 10.6. The van der Waals surface area contributed by atoms with Crippen molar-refractivity contribution in [2.75, 3.05) is 0 Å². The van der Waals surface area contributed by atoms with Crippen LogP contribution in [-0.2, 0) is 6.54 Å². The topological polar surface area (TPSA) is 58.3 Å². The molecule has 88 valence electrons. The van der Waals surface area contributed by atoms with Crippen molar-refractivity contribution in [3.05, 3.63) is 47.5 Å². The van der Waals surface area contributed by atoms with Crippen LogP contribution in [0, 0.1) is 13.8 Å². The summed E-state index contributed by atoms with van der Waals surface area (Å²) in [5, 5.41) is 18.2. The fourth-order valence-corrected chi connectivity index (χ4v) is 1.75. The molecule has 17 heavy (non-hydrogen) atoms. The van der Waals surface area contributed by atoms with Crippen molar-refractivity contribution in [1.29, 1.82) is 0 Å². The van der Waals surface area contributed by atoms with Crippen LogP contribution in [0.3, 0.4) is 0 Å². The van der Waals surface area contributed by atoms with Crippen molar-refractivity contribution in [2.45, 2.75) is 20.4 Å². The summed E-state index contributed by atoms with van der Waals surface area (Å²) in [5.74, 6) is 0. The molecule has 2 rings (SSSR count). The summed E-state index contributed by atoms with van der Waals surface area (Å²) in [7, 11) is -1.42. The monoisotopic (exact) mass is 230 g/mol. The fourth-order valence-electron chi connectivity index (χ4n) is 1.75. The number of hydrogen-bond acceptors (Lipinski definition) is 3. The second kappa shape index (κ2) is 4.73. The highest BCUT2D eigenvalue weighted by molar-refractivity contribution is 6.58. The molecule has 5 heteroatoms. The molecule has 1 aromatic heterocycles. The van der Waals surface area contributed by atoms with Crippen LogP contribution in [0.2, 0.25) is 0 Å². The van der Waals surface area contributed by atoms with Crippen LogP contribution < -0.4 is 5.46 Å². The van der Waals surface area contributed by atoms with Gasteiger partial charge in [-0.3, -0.25) is 0 Å². The Kier molecular flexibility index (Phi) is 3.31. The van der Waals surface area contributed by atoms with E-state index in [0.29, 0.717) is 12.0 Å². The van der Waals surface area contributed by atoms with Crippen LogP contribution >= 0.6 is 0 Å². The minimum atomic E-state index is -1.42. The Hall–Kier alpha value is -1.59. The van der Waals surface area contributed by atoms with Crippen molar-refractivity contribution < 1.29 is 10.0 Å². The molecule has 2 N–H and O–H groups in total. The Bertz CT molecular complexity index is 523. The van der Waals surface area contributed by atoms with Crippen LogP contribution in [0.25, 0.3) is 0 Å². The minimum absolute atomic E-state index is 0.511. The number of nitrogens with zero attached hydrogens (tertiary/aromatic N) is 2. The molecule has 0 unspecified atom stereocenters. The first-order valence-corrected chi connectivity index (χ1v) is 5.51. The van der Waals surface area contributed by atoms with Crippen molar-refractivity contribution in [3.8, 4) is 0 Å². The first-order valence-electron chi connectivity index (χ1n) is 5.51. The molecule has 0 aliphatic heterocycles. The quantitative estimate of drug-likeness (QED) is 0.742. The van der Waals surface area contributed by atoms with Gasteiger partial charge >= 0.3 is 7.12 Å². The molecule has 0 saturated carbocycles. The average Bonchev–Trinajstić information content (AvgIpc) is 2.61. The van der Waals surface area contributed by atoms with E-state index in [1.165, 1.54) is 0 Å². The molecule has 2 aromatic rings. The SMILES string of the molecule is Cc1ncn(Cc2cccc(B(O)O)c2)c1C. The van der Waals surface area contributed by atoms with Gasteiger partial charge in [0.25, 0.3) is 0 Å². The van der Waals surface area contributed by atoms with Crippen LogP contribution in [0.5, 0.6) is 0 Å². The van der Waals surface area contributed by atoms with Crippen molar-refractivity contribution in [2.24, 2.45) is 0 Å². The maximum Gasteiger partial charge on any atom is 0.488 e. The molecule has 0 aliphatic carbocycles. The van der Waals surface area contributed by atoms with Crippen LogP contribution in [0.15, 0.2) is 30.6 Å². The number of hydrogen-bond donors (Lipinski definition) is 2. The van der Waals surface area contributed by atoms with Crippen LogP contribution in [-0.4, -0.2) is 26.7 Å². The number of imidazole rings is 1. The van der Waals surface area contributed by atoms with Gasteiger partial charge in [0.2, 0.25) is 0 Å². The largest absolute Gasteiger partial charge is 0.488 e. The van der Waals surface area contributed by atoms with Gasteiger partial charge in [-0.25, -0.2) is 4.98 Å². The summed E-state index contributed by atoms with van der Waals surface area (Å²) in [6.45, 7) is 4.68. The molecule has 0 atom stereocenters. The van der Waals surface area contributed by atoms with E-state index >= 15 is 0 Å². The molecule has 1 heterocycles.